The molecule has 2 atom stereocenters. The average Bonchev–Trinajstić information content (AvgIpc) is 3.07. The van der Waals surface area contributed by atoms with Crippen molar-refractivity contribution in [2.24, 2.45) is 11.8 Å². The number of halogens is 2. The molecule has 0 saturated heterocycles. The lowest BCUT2D eigenvalue weighted by molar-refractivity contribution is -0.127. The van der Waals surface area contributed by atoms with Gasteiger partial charge in [0.1, 0.15) is 11.3 Å². The number of hydrogen-bond donors (Lipinski definition) is 1. The van der Waals surface area contributed by atoms with Crippen LogP contribution >= 0.6 is 0 Å². The zero-order valence-corrected chi connectivity index (χ0v) is 14.5. The molecule has 2 saturated carbocycles. The zero-order valence-electron chi connectivity index (χ0n) is 14.5. The first-order valence-corrected chi connectivity index (χ1v) is 8.71. The number of carbonyl (C=O) groups excluding carboxylic acids is 2. The highest BCUT2D eigenvalue weighted by Crippen LogP contribution is 2.43. The van der Waals surface area contributed by atoms with Crippen LogP contribution < -0.4 is 0 Å². The second-order valence-corrected chi connectivity index (χ2v) is 6.86. The van der Waals surface area contributed by atoms with Crippen molar-refractivity contribution in [3.05, 3.63) is 35.2 Å². The third kappa shape index (κ3) is 3.28. The minimum atomic E-state index is -3.27. The van der Waals surface area contributed by atoms with E-state index in [0.29, 0.717) is 19.3 Å². The maximum Gasteiger partial charge on any atom is 0.275 e. The molecule has 0 spiro atoms. The highest BCUT2D eigenvalue weighted by Gasteiger charge is 2.46. The first kappa shape index (κ1) is 18.6. The molecular weight excluding hydrogens is 344 g/mol. The van der Waals surface area contributed by atoms with E-state index in [9.17, 15) is 23.5 Å². The molecule has 0 amide bonds. The number of Topliss-reactive ketones (excluding diaryl/α,β-unsaturated/α-hetero) is 2. The lowest BCUT2D eigenvalue weighted by atomic mass is 9.81. The van der Waals surface area contributed by atoms with Gasteiger partial charge in [0.15, 0.2) is 17.3 Å². The molecule has 7 heteroatoms. The van der Waals surface area contributed by atoms with Gasteiger partial charge in [-0.25, -0.2) is 8.78 Å². The molecule has 2 aliphatic rings. The van der Waals surface area contributed by atoms with E-state index < -0.39 is 40.9 Å². The number of rotatable bonds is 6. The van der Waals surface area contributed by atoms with Gasteiger partial charge >= 0.3 is 0 Å². The Morgan fingerprint density at radius 2 is 1.96 bits per heavy atom. The van der Waals surface area contributed by atoms with Gasteiger partial charge in [0.2, 0.25) is 0 Å². The molecule has 0 radical (unpaired) electrons. The van der Waals surface area contributed by atoms with Crippen molar-refractivity contribution in [3.8, 4) is 0 Å². The molecule has 2 fully saturated rings. The van der Waals surface area contributed by atoms with Gasteiger partial charge in [0.05, 0.1) is 5.56 Å². The number of fused-ring (bicyclic) bond motifs is 2. The highest BCUT2D eigenvalue weighted by molar-refractivity contribution is 6.27. The summed E-state index contributed by atoms with van der Waals surface area (Å²) in [7, 11) is 1.43. The van der Waals surface area contributed by atoms with Crippen LogP contribution in [0, 0.1) is 11.8 Å². The Labute approximate surface area is 150 Å². The standard InChI is InChI=1S/C19H21F2NO4/c1-26-9-3-7-19(20,21)13-4-2-8-22-15(13)18(25)14-16(23)11-5-6-12(10-11)17(14)24/h2,4,8,11-12,25H,3,5-7,9-10H2,1H3. The molecule has 1 aromatic rings. The number of nitrogens with zero attached hydrogens (tertiary/aromatic N) is 1. The molecule has 5 nitrogen and oxygen atoms in total. The van der Waals surface area contributed by atoms with Gasteiger partial charge in [0, 0.05) is 38.2 Å². The number of pyridine rings is 1. The Kier molecular flexibility index (Phi) is 5.18. The van der Waals surface area contributed by atoms with Gasteiger partial charge in [-0.2, -0.15) is 0 Å². The average molecular weight is 365 g/mol. The van der Waals surface area contributed by atoms with E-state index in [1.807, 2.05) is 0 Å². The molecule has 2 bridgehead atoms. The molecule has 1 aromatic heterocycles. The summed E-state index contributed by atoms with van der Waals surface area (Å²) >= 11 is 0. The topological polar surface area (TPSA) is 76.5 Å². The van der Waals surface area contributed by atoms with Gasteiger partial charge in [-0.3, -0.25) is 14.6 Å². The van der Waals surface area contributed by atoms with Gasteiger partial charge in [-0.05, 0) is 37.8 Å². The number of alkyl halides is 2. The number of ether oxygens (including phenoxy) is 1. The first-order chi connectivity index (χ1) is 12.4. The number of aliphatic hydroxyl groups is 1. The van der Waals surface area contributed by atoms with E-state index in [1.54, 1.807) is 0 Å². The Hall–Kier alpha value is -2.15. The lowest BCUT2D eigenvalue weighted by Gasteiger charge is -2.22. The molecule has 2 unspecified atom stereocenters. The fraction of sp³-hybridized carbons (Fsp3) is 0.526. The molecule has 3 rings (SSSR count). The molecular formula is C19H21F2NO4. The third-order valence-corrected chi connectivity index (χ3v) is 5.17. The maximum atomic E-state index is 14.6. The fourth-order valence-corrected chi connectivity index (χ4v) is 3.80. The number of hydrogen-bond acceptors (Lipinski definition) is 5. The second-order valence-electron chi connectivity index (χ2n) is 6.86. The molecule has 1 heterocycles. The van der Waals surface area contributed by atoms with E-state index in [2.05, 4.69) is 4.98 Å². The summed E-state index contributed by atoms with van der Waals surface area (Å²) in [6, 6.07) is 2.51. The van der Waals surface area contributed by atoms with Crippen LogP contribution in [0.4, 0.5) is 8.78 Å². The highest BCUT2D eigenvalue weighted by atomic mass is 19.3. The lowest BCUT2D eigenvalue weighted by Crippen LogP contribution is -2.30. The van der Waals surface area contributed by atoms with E-state index in [1.165, 1.54) is 19.4 Å². The molecule has 140 valence electrons. The minimum Gasteiger partial charge on any atom is -0.505 e. The summed E-state index contributed by atoms with van der Waals surface area (Å²) in [6.07, 6.45) is 2.55. The van der Waals surface area contributed by atoms with Crippen molar-refractivity contribution >= 4 is 17.3 Å². The predicted octanol–water partition coefficient (Wildman–Crippen LogP) is 3.44. The first-order valence-electron chi connectivity index (χ1n) is 8.71. The monoisotopic (exact) mass is 365 g/mol. The Morgan fingerprint density at radius 1 is 1.31 bits per heavy atom. The summed E-state index contributed by atoms with van der Waals surface area (Å²) < 4.78 is 34.1. The Morgan fingerprint density at radius 3 is 2.58 bits per heavy atom. The molecule has 26 heavy (non-hydrogen) atoms. The predicted molar refractivity (Wildman–Crippen MR) is 89.6 cm³/mol. The van der Waals surface area contributed by atoms with Crippen LogP contribution in [0.25, 0.3) is 5.76 Å². The van der Waals surface area contributed by atoms with Crippen molar-refractivity contribution in [3.63, 3.8) is 0 Å². The summed E-state index contributed by atoms with van der Waals surface area (Å²) in [5.74, 6) is -5.54. The Balaban J connectivity index is 2.02. The molecule has 1 N–H and O–H groups in total. The van der Waals surface area contributed by atoms with Crippen LogP contribution in [0.1, 0.15) is 43.4 Å². The minimum absolute atomic E-state index is 0.122. The van der Waals surface area contributed by atoms with Crippen molar-refractivity contribution in [2.45, 2.75) is 38.0 Å². The number of aliphatic hydroxyl groups excluding tert-OH is 1. The van der Waals surface area contributed by atoms with Crippen LogP contribution in [0.15, 0.2) is 23.9 Å². The zero-order chi connectivity index (χ0) is 18.9. The van der Waals surface area contributed by atoms with E-state index in [-0.39, 0.29) is 30.4 Å². The number of allylic oxidation sites excluding steroid dienone is 1. The number of carbonyl (C=O) groups is 2. The number of methoxy groups -OCH3 is 1. The number of aromatic nitrogens is 1. The SMILES string of the molecule is COCCCC(F)(F)c1cccnc1C(O)=C1C(=O)C2CCC(C2)C1=O. The summed E-state index contributed by atoms with van der Waals surface area (Å²) in [5, 5.41) is 10.6. The van der Waals surface area contributed by atoms with Crippen molar-refractivity contribution in [1.82, 2.24) is 4.98 Å². The molecule has 0 aliphatic heterocycles. The smallest absolute Gasteiger partial charge is 0.275 e. The van der Waals surface area contributed by atoms with Crippen LogP contribution in [-0.2, 0) is 20.2 Å². The summed E-state index contributed by atoms with van der Waals surface area (Å²) in [5.41, 5.74) is -1.25. The van der Waals surface area contributed by atoms with Crippen LogP contribution in [0.2, 0.25) is 0 Å². The maximum absolute atomic E-state index is 14.6. The second kappa shape index (κ2) is 7.23. The van der Waals surface area contributed by atoms with Gasteiger partial charge < -0.3 is 9.84 Å². The van der Waals surface area contributed by atoms with E-state index in [0.717, 1.165) is 6.07 Å². The molecule has 2 aliphatic carbocycles. The van der Waals surface area contributed by atoms with Gasteiger partial charge in [-0.15, -0.1) is 0 Å². The largest absolute Gasteiger partial charge is 0.505 e. The van der Waals surface area contributed by atoms with Gasteiger partial charge in [-0.1, -0.05) is 0 Å². The number of ketones is 2. The van der Waals surface area contributed by atoms with E-state index in [4.69, 9.17) is 4.74 Å². The van der Waals surface area contributed by atoms with Crippen molar-refractivity contribution in [2.75, 3.05) is 13.7 Å². The summed E-state index contributed by atoms with van der Waals surface area (Å²) in [6.45, 7) is 0.179. The van der Waals surface area contributed by atoms with Crippen LogP contribution in [0.5, 0.6) is 0 Å². The van der Waals surface area contributed by atoms with Gasteiger partial charge in [0.25, 0.3) is 5.92 Å². The third-order valence-electron chi connectivity index (χ3n) is 5.17. The van der Waals surface area contributed by atoms with Crippen molar-refractivity contribution in [1.29, 1.82) is 0 Å². The normalized spacial score (nSPS) is 22.8. The fourth-order valence-electron chi connectivity index (χ4n) is 3.80. The van der Waals surface area contributed by atoms with Crippen LogP contribution in [-0.4, -0.2) is 35.4 Å². The quantitative estimate of drug-likeness (QED) is 0.362. The summed E-state index contributed by atoms with van der Waals surface area (Å²) in [4.78, 5) is 28.9. The van der Waals surface area contributed by atoms with Crippen LogP contribution in [0.3, 0.4) is 0 Å². The van der Waals surface area contributed by atoms with E-state index >= 15 is 0 Å². The van der Waals surface area contributed by atoms with Crippen molar-refractivity contribution < 1.29 is 28.2 Å². The Bertz CT molecular complexity index is 736. The molecule has 0 aromatic carbocycles.